The highest BCUT2D eigenvalue weighted by atomic mass is 35.5. The molecule has 0 radical (unpaired) electrons. The summed E-state index contributed by atoms with van der Waals surface area (Å²) >= 11 is 11.9. The molecule has 0 atom stereocenters. The largest absolute Gasteiger partial charge is 0.477 e. The van der Waals surface area contributed by atoms with Crippen molar-refractivity contribution in [1.82, 2.24) is 14.5 Å². The minimum atomic E-state index is -1.29. The summed E-state index contributed by atoms with van der Waals surface area (Å²) in [7, 11) is 0. The van der Waals surface area contributed by atoms with E-state index in [1.165, 1.54) is 12.3 Å². The molecule has 0 spiro atoms. The Balaban J connectivity index is 1.20. The molecule has 1 saturated carbocycles. The Labute approximate surface area is 246 Å². The smallest absolute Gasteiger partial charge is 0.341 e. The van der Waals surface area contributed by atoms with E-state index in [1.807, 2.05) is 9.47 Å². The number of carbonyl (C=O) groups is 1. The Morgan fingerprint density at radius 2 is 1.73 bits per heavy atom. The van der Waals surface area contributed by atoms with Crippen LogP contribution in [0.3, 0.4) is 0 Å². The third-order valence-electron chi connectivity index (χ3n) is 8.11. The molecule has 1 aliphatic heterocycles. The number of aromatic amines is 1. The van der Waals surface area contributed by atoms with Crippen LogP contribution >= 0.6 is 23.2 Å². The number of aromatic nitrogens is 2. The number of piperazine rings is 1. The molecule has 0 amide bonds. The molecule has 41 heavy (non-hydrogen) atoms. The van der Waals surface area contributed by atoms with Gasteiger partial charge in [-0.25, -0.2) is 9.18 Å². The predicted octanol–water partition coefficient (Wildman–Crippen LogP) is 5.26. The van der Waals surface area contributed by atoms with Crippen LogP contribution in [0, 0.1) is 5.82 Å². The summed E-state index contributed by atoms with van der Waals surface area (Å²) in [5.74, 6) is -0.685. The molecule has 2 N–H and O–H groups in total. The number of anilines is 2. The topological polar surface area (TPSA) is 84.8 Å². The number of fused-ring (bicyclic) bond motifs is 2. The van der Waals surface area contributed by atoms with Gasteiger partial charge in [0.15, 0.2) is 0 Å². The van der Waals surface area contributed by atoms with E-state index in [0.717, 1.165) is 54.8 Å². The van der Waals surface area contributed by atoms with Crippen LogP contribution in [0.4, 0.5) is 15.8 Å². The van der Waals surface area contributed by atoms with Crippen LogP contribution < -0.4 is 15.2 Å². The van der Waals surface area contributed by atoms with Gasteiger partial charge in [0.1, 0.15) is 11.4 Å². The zero-order valence-electron chi connectivity index (χ0n) is 22.6. The van der Waals surface area contributed by atoms with Gasteiger partial charge >= 0.3 is 5.97 Å². The van der Waals surface area contributed by atoms with E-state index < -0.39 is 17.2 Å². The second-order valence-electron chi connectivity index (χ2n) is 10.8. The van der Waals surface area contributed by atoms with Crippen LogP contribution in [0.15, 0.2) is 47.4 Å². The van der Waals surface area contributed by atoms with Crippen molar-refractivity contribution < 1.29 is 14.3 Å². The molecule has 0 unspecified atom stereocenters. The van der Waals surface area contributed by atoms with Gasteiger partial charge in [-0.3, -0.25) is 9.69 Å². The van der Waals surface area contributed by atoms with Crippen molar-refractivity contribution in [2.24, 2.45) is 0 Å². The second-order valence-corrected chi connectivity index (χ2v) is 11.6. The van der Waals surface area contributed by atoms with E-state index in [0.29, 0.717) is 49.1 Å². The van der Waals surface area contributed by atoms with Crippen molar-refractivity contribution in [2.45, 2.75) is 25.4 Å². The van der Waals surface area contributed by atoms with Crippen molar-refractivity contribution in [2.75, 3.05) is 60.8 Å². The average molecular weight is 601 g/mol. The maximum Gasteiger partial charge on any atom is 0.341 e. The Kier molecular flexibility index (Phi) is 7.85. The summed E-state index contributed by atoms with van der Waals surface area (Å²) in [6.07, 6.45) is 3.24. The number of rotatable bonds is 10. The monoisotopic (exact) mass is 599 g/mol. The van der Waals surface area contributed by atoms with E-state index in [9.17, 15) is 14.7 Å². The van der Waals surface area contributed by atoms with Crippen molar-refractivity contribution in [3.8, 4) is 0 Å². The molecule has 2 aliphatic rings. The third kappa shape index (κ3) is 5.63. The molecule has 11 heteroatoms. The van der Waals surface area contributed by atoms with Crippen molar-refractivity contribution in [3.63, 3.8) is 0 Å². The lowest BCUT2D eigenvalue weighted by molar-refractivity contribution is 0.0695. The fourth-order valence-corrected chi connectivity index (χ4v) is 6.30. The number of carboxylic acids is 1. The first kappa shape index (κ1) is 27.9. The molecule has 8 nitrogen and oxygen atoms in total. The molecule has 3 heterocycles. The Morgan fingerprint density at radius 3 is 2.39 bits per heavy atom. The lowest BCUT2D eigenvalue weighted by Crippen LogP contribution is -2.46. The standard InChI is InChI=1S/C30H32Cl2FN5O3/c31-5-7-35(8-6-32)17-20-13-19-1-2-22(14-26(19)34-20)36-9-11-37(12-10-36)28-16-27-23(15-25(28)33)29(39)24(30(40)41)18-38(27)21-3-4-21/h1-2,13-16,18,21,34H,3-12,17H2,(H,40,41). The van der Waals surface area contributed by atoms with Crippen molar-refractivity contribution in [3.05, 3.63) is 69.9 Å². The predicted molar refractivity (Wildman–Crippen MR) is 163 cm³/mol. The van der Waals surface area contributed by atoms with Gasteiger partial charge in [-0.15, -0.1) is 23.2 Å². The van der Waals surface area contributed by atoms with Gasteiger partial charge < -0.3 is 24.5 Å². The molecule has 1 saturated heterocycles. The fourth-order valence-electron chi connectivity index (χ4n) is 5.82. The maximum absolute atomic E-state index is 15.4. The highest BCUT2D eigenvalue weighted by Gasteiger charge is 2.28. The Hall–Kier alpha value is -3.27. The summed E-state index contributed by atoms with van der Waals surface area (Å²) in [5, 5.41) is 10.8. The maximum atomic E-state index is 15.4. The lowest BCUT2D eigenvalue weighted by atomic mass is 10.1. The first-order valence-corrected chi connectivity index (χ1v) is 15.0. The van der Waals surface area contributed by atoms with Crippen LogP contribution in [0.5, 0.6) is 0 Å². The summed E-state index contributed by atoms with van der Waals surface area (Å²) < 4.78 is 17.2. The quantitative estimate of drug-likeness (QED) is 0.242. The van der Waals surface area contributed by atoms with Crippen LogP contribution in [-0.4, -0.2) is 76.6 Å². The van der Waals surface area contributed by atoms with E-state index in [2.05, 4.69) is 39.0 Å². The number of nitrogens with one attached hydrogen (secondary N) is 1. The number of halogens is 3. The number of hydrogen-bond donors (Lipinski definition) is 2. The number of aromatic carboxylic acids is 1. The summed E-state index contributed by atoms with van der Waals surface area (Å²) in [5.41, 5.74) is 3.35. The number of nitrogens with zero attached hydrogens (tertiary/aromatic N) is 4. The van der Waals surface area contributed by atoms with Crippen LogP contribution in [0.25, 0.3) is 21.8 Å². The third-order valence-corrected chi connectivity index (χ3v) is 8.45. The van der Waals surface area contributed by atoms with E-state index in [1.54, 1.807) is 6.07 Å². The highest BCUT2D eigenvalue weighted by Crippen LogP contribution is 2.38. The van der Waals surface area contributed by atoms with E-state index >= 15 is 4.39 Å². The molecular formula is C30H32Cl2FN5O3. The fraction of sp³-hybridized carbons (Fsp3) is 0.400. The summed E-state index contributed by atoms with van der Waals surface area (Å²) in [6.45, 7) is 4.96. The average Bonchev–Trinajstić information content (AvgIpc) is 3.72. The molecule has 4 aromatic rings. The van der Waals surface area contributed by atoms with Crippen molar-refractivity contribution >= 4 is 62.4 Å². The molecule has 1 aliphatic carbocycles. The second kappa shape index (κ2) is 11.5. The number of H-pyrrole nitrogens is 1. The van der Waals surface area contributed by atoms with Gasteiger partial charge in [0, 0.05) is 92.1 Å². The zero-order valence-corrected chi connectivity index (χ0v) is 24.1. The number of pyridine rings is 1. The number of carboxylic acid groups (broad SMARTS) is 1. The van der Waals surface area contributed by atoms with Crippen LogP contribution in [0.1, 0.15) is 34.9 Å². The Bertz CT molecular complexity index is 1650. The molecule has 0 bridgehead atoms. The normalized spacial score (nSPS) is 15.9. The van der Waals surface area contributed by atoms with Crippen molar-refractivity contribution in [1.29, 1.82) is 0 Å². The lowest BCUT2D eigenvalue weighted by Gasteiger charge is -2.37. The van der Waals surface area contributed by atoms with E-state index in [4.69, 9.17) is 23.2 Å². The van der Waals surface area contributed by atoms with Crippen LogP contribution in [-0.2, 0) is 6.54 Å². The van der Waals surface area contributed by atoms with Gasteiger partial charge in [-0.05, 0) is 48.6 Å². The molecule has 2 aromatic heterocycles. The molecule has 2 fully saturated rings. The Morgan fingerprint density at radius 1 is 1.02 bits per heavy atom. The molecular weight excluding hydrogens is 568 g/mol. The number of benzene rings is 2. The van der Waals surface area contributed by atoms with Gasteiger partial charge in [-0.1, -0.05) is 6.07 Å². The molecule has 216 valence electrons. The minimum Gasteiger partial charge on any atom is -0.477 e. The highest BCUT2D eigenvalue weighted by molar-refractivity contribution is 6.18. The van der Waals surface area contributed by atoms with Gasteiger partial charge in [0.25, 0.3) is 0 Å². The zero-order chi connectivity index (χ0) is 28.7. The molecule has 6 rings (SSSR count). The number of alkyl halides is 2. The van der Waals surface area contributed by atoms with Gasteiger partial charge in [0.2, 0.25) is 5.43 Å². The minimum absolute atomic E-state index is 0.115. The SMILES string of the molecule is O=C(O)c1cn(C2CC2)c2cc(N3CCN(c4ccc5cc(CN(CCCl)CCCl)[nH]c5c4)CC3)c(F)cc2c1=O. The van der Waals surface area contributed by atoms with Gasteiger partial charge in [0.05, 0.1) is 11.2 Å². The van der Waals surface area contributed by atoms with E-state index in [-0.39, 0.29) is 17.0 Å². The number of hydrogen-bond acceptors (Lipinski definition) is 5. The van der Waals surface area contributed by atoms with Crippen LogP contribution in [0.2, 0.25) is 0 Å². The first-order chi connectivity index (χ1) is 19.9. The molecule has 2 aromatic carbocycles. The summed E-state index contributed by atoms with van der Waals surface area (Å²) in [6, 6.07) is 11.6. The first-order valence-electron chi connectivity index (χ1n) is 13.9. The van der Waals surface area contributed by atoms with Gasteiger partial charge in [-0.2, -0.15) is 0 Å². The summed E-state index contributed by atoms with van der Waals surface area (Å²) in [4.78, 5) is 34.5.